The fraction of sp³-hybridized carbons (Fsp3) is 0.154. The topological polar surface area (TPSA) is 51.5 Å². The van der Waals surface area contributed by atoms with Crippen LogP contribution < -0.4 is 4.74 Å². The molecular weight excluding hydrogens is 298 g/mol. The Balaban J connectivity index is 1.84. The highest BCUT2D eigenvalue weighted by molar-refractivity contribution is 9.10. The lowest BCUT2D eigenvalue weighted by atomic mass is 10.3. The molecule has 0 saturated carbocycles. The molecule has 4 nitrogen and oxygen atoms in total. The molecule has 1 heterocycles. The number of halogens is 1. The Morgan fingerprint density at radius 3 is 2.61 bits per heavy atom. The molecule has 0 radical (unpaired) electrons. The lowest BCUT2D eigenvalue weighted by molar-refractivity contribution is 0.0697. The Bertz CT molecular complexity index is 533. The molecule has 0 aliphatic rings. The van der Waals surface area contributed by atoms with Gasteiger partial charge in [-0.25, -0.2) is 4.79 Å². The fourth-order valence-corrected chi connectivity index (χ4v) is 1.77. The van der Waals surface area contributed by atoms with Gasteiger partial charge in [-0.15, -0.1) is 0 Å². The molecule has 5 heteroatoms. The molecule has 1 aromatic carbocycles. The van der Waals surface area contributed by atoms with Gasteiger partial charge in [-0.1, -0.05) is 15.9 Å². The number of hydrogen-bond donors (Lipinski definition) is 1. The maximum absolute atomic E-state index is 10.7. The number of benzene rings is 1. The SMILES string of the molecule is O=C(O)c1ccn(CCOc2ccc(Br)cc2)c1. The van der Waals surface area contributed by atoms with Crippen molar-refractivity contribution in [3.8, 4) is 5.75 Å². The first-order valence-corrected chi connectivity index (χ1v) is 6.22. The number of carboxylic acids is 1. The maximum Gasteiger partial charge on any atom is 0.337 e. The Labute approximate surface area is 113 Å². The maximum atomic E-state index is 10.7. The number of nitrogens with zero attached hydrogens (tertiary/aromatic N) is 1. The molecule has 0 bridgehead atoms. The minimum atomic E-state index is -0.914. The van der Waals surface area contributed by atoms with Crippen LogP contribution in [-0.2, 0) is 6.54 Å². The number of ether oxygens (including phenoxy) is 1. The van der Waals surface area contributed by atoms with Crippen LogP contribution in [0.3, 0.4) is 0 Å². The average molecular weight is 310 g/mol. The number of carboxylic acid groups (broad SMARTS) is 1. The van der Waals surface area contributed by atoms with E-state index in [4.69, 9.17) is 9.84 Å². The van der Waals surface area contributed by atoms with E-state index in [1.54, 1.807) is 23.0 Å². The molecule has 0 fully saturated rings. The van der Waals surface area contributed by atoms with Crippen molar-refractivity contribution < 1.29 is 14.6 Å². The smallest absolute Gasteiger partial charge is 0.337 e. The molecule has 1 aromatic heterocycles. The minimum Gasteiger partial charge on any atom is -0.492 e. The highest BCUT2D eigenvalue weighted by Gasteiger charge is 2.04. The normalized spacial score (nSPS) is 10.3. The van der Waals surface area contributed by atoms with Crippen LogP contribution in [0, 0.1) is 0 Å². The van der Waals surface area contributed by atoms with E-state index in [9.17, 15) is 4.79 Å². The average Bonchev–Trinajstić information content (AvgIpc) is 2.81. The van der Waals surface area contributed by atoms with E-state index in [-0.39, 0.29) is 0 Å². The third kappa shape index (κ3) is 3.37. The number of aromatic nitrogens is 1. The summed E-state index contributed by atoms with van der Waals surface area (Å²) in [5, 5.41) is 8.78. The van der Waals surface area contributed by atoms with Gasteiger partial charge < -0.3 is 14.4 Å². The van der Waals surface area contributed by atoms with Crippen LogP contribution in [0.1, 0.15) is 10.4 Å². The second-order valence-corrected chi connectivity index (χ2v) is 4.66. The summed E-state index contributed by atoms with van der Waals surface area (Å²) in [7, 11) is 0. The second-order valence-electron chi connectivity index (χ2n) is 3.75. The van der Waals surface area contributed by atoms with Gasteiger partial charge in [-0.3, -0.25) is 0 Å². The molecule has 2 rings (SSSR count). The highest BCUT2D eigenvalue weighted by atomic mass is 79.9. The Morgan fingerprint density at radius 2 is 2.00 bits per heavy atom. The number of rotatable bonds is 5. The van der Waals surface area contributed by atoms with E-state index in [0.29, 0.717) is 18.7 Å². The van der Waals surface area contributed by atoms with Crippen LogP contribution in [0.2, 0.25) is 0 Å². The van der Waals surface area contributed by atoms with E-state index in [1.807, 2.05) is 24.3 Å². The zero-order valence-corrected chi connectivity index (χ0v) is 11.1. The molecule has 0 amide bonds. The first-order chi connectivity index (χ1) is 8.65. The summed E-state index contributed by atoms with van der Waals surface area (Å²) in [6.45, 7) is 1.11. The molecule has 2 aromatic rings. The summed E-state index contributed by atoms with van der Waals surface area (Å²) < 4.78 is 8.35. The summed E-state index contributed by atoms with van der Waals surface area (Å²) in [5.41, 5.74) is 0.290. The summed E-state index contributed by atoms with van der Waals surface area (Å²) in [6, 6.07) is 9.15. The van der Waals surface area contributed by atoms with E-state index in [2.05, 4.69) is 15.9 Å². The van der Waals surface area contributed by atoms with Crippen molar-refractivity contribution in [3.63, 3.8) is 0 Å². The van der Waals surface area contributed by atoms with Gasteiger partial charge in [0.25, 0.3) is 0 Å². The predicted octanol–water partition coefficient (Wildman–Crippen LogP) is 3.03. The van der Waals surface area contributed by atoms with Crippen LogP contribution in [0.4, 0.5) is 0 Å². The molecule has 0 saturated heterocycles. The first kappa shape index (κ1) is 12.7. The highest BCUT2D eigenvalue weighted by Crippen LogP contribution is 2.16. The standard InChI is InChI=1S/C13H12BrNO3/c14-11-1-3-12(4-2-11)18-8-7-15-6-5-10(9-15)13(16)17/h1-6,9H,7-8H2,(H,16,17). The largest absolute Gasteiger partial charge is 0.492 e. The van der Waals surface area contributed by atoms with E-state index in [1.165, 1.54) is 0 Å². The van der Waals surface area contributed by atoms with Crippen LogP contribution in [-0.4, -0.2) is 22.2 Å². The molecular formula is C13H12BrNO3. The van der Waals surface area contributed by atoms with Gasteiger partial charge >= 0.3 is 5.97 Å². The van der Waals surface area contributed by atoms with Gasteiger partial charge in [-0.05, 0) is 30.3 Å². The van der Waals surface area contributed by atoms with Crippen LogP contribution in [0.15, 0.2) is 47.2 Å². The quantitative estimate of drug-likeness (QED) is 0.923. The number of aromatic carboxylic acids is 1. The molecule has 0 atom stereocenters. The van der Waals surface area contributed by atoms with Crippen molar-refractivity contribution in [2.45, 2.75) is 6.54 Å². The van der Waals surface area contributed by atoms with E-state index in [0.717, 1.165) is 10.2 Å². The predicted molar refractivity (Wildman–Crippen MR) is 71.0 cm³/mol. The van der Waals surface area contributed by atoms with Gasteiger partial charge in [0, 0.05) is 16.9 Å². The number of hydrogen-bond acceptors (Lipinski definition) is 2. The Morgan fingerprint density at radius 1 is 1.28 bits per heavy atom. The first-order valence-electron chi connectivity index (χ1n) is 5.42. The van der Waals surface area contributed by atoms with Crippen LogP contribution in [0.5, 0.6) is 5.75 Å². The molecule has 94 valence electrons. The lowest BCUT2D eigenvalue weighted by Crippen LogP contribution is -2.06. The summed E-state index contributed by atoms with van der Waals surface area (Å²) in [4.78, 5) is 10.7. The molecule has 0 aliphatic heterocycles. The second kappa shape index (κ2) is 5.73. The van der Waals surface area contributed by atoms with Gasteiger partial charge in [0.1, 0.15) is 12.4 Å². The van der Waals surface area contributed by atoms with Crippen molar-refractivity contribution in [2.24, 2.45) is 0 Å². The third-order valence-electron chi connectivity index (χ3n) is 2.43. The molecule has 0 spiro atoms. The summed E-state index contributed by atoms with van der Waals surface area (Å²) in [5.74, 6) is -0.119. The summed E-state index contributed by atoms with van der Waals surface area (Å²) in [6.07, 6.45) is 3.32. The Hall–Kier alpha value is -1.75. The summed E-state index contributed by atoms with van der Waals surface area (Å²) >= 11 is 3.35. The van der Waals surface area contributed by atoms with Crippen LogP contribution >= 0.6 is 15.9 Å². The van der Waals surface area contributed by atoms with Gasteiger partial charge in [-0.2, -0.15) is 0 Å². The Kier molecular flexibility index (Phi) is 4.04. The fourth-order valence-electron chi connectivity index (χ4n) is 1.51. The van der Waals surface area contributed by atoms with Crippen molar-refractivity contribution in [1.29, 1.82) is 0 Å². The molecule has 18 heavy (non-hydrogen) atoms. The van der Waals surface area contributed by atoms with Crippen molar-refractivity contribution >= 4 is 21.9 Å². The van der Waals surface area contributed by atoms with Crippen molar-refractivity contribution in [2.75, 3.05) is 6.61 Å². The lowest BCUT2D eigenvalue weighted by Gasteiger charge is -2.06. The van der Waals surface area contributed by atoms with Crippen LogP contribution in [0.25, 0.3) is 0 Å². The molecule has 1 N–H and O–H groups in total. The van der Waals surface area contributed by atoms with Crippen molar-refractivity contribution in [1.82, 2.24) is 4.57 Å². The molecule has 0 unspecified atom stereocenters. The third-order valence-corrected chi connectivity index (χ3v) is 2.96. The zero-order chi connectivity index (χ0) is 13.0. The van der Waals surface area contributed by atoms with Gasteiger partial charge in [0.15, 0.2) is 0 Å². The molecule has 0 aliphatic carbocycles. The van der Waals surface area contributed by atoms with Gasteiger partial charge in [0.05, 0.1) is 12.1 Å². The minimum absolute atomic E-state index is 0.290. The monoisotopic (exact) mass is 309 g/mol. The van der Waals surface area contributed by atoms with E-state index < -0.39 is 5.97 Å². The zero-order valence-electron chi connectivity index (χ0n) is 9.54. The van der Waals surface area contributed by atoms with Crippen molar-refractivity contribution in [3.05, 3.63) is 52.8 Å². The number of carbonyl (C=O) groups is 1. The van der Waals surface area contributed by atoms with Gasteiger partial charge in [0.2, 0.25) is 0 Å². The van der Waals surface area contributed by atoms with E-state index >= 15 is 0 Å².